The summed E-state index contributed by atoms with van der Waals surface area (Å²) in [7, 11) is 0. The first-order valence-corrected chi connectivity index (χ1v) is 8.62. The van der Waals surface area contributed by atoms with E-state index in [1.54, 1.807) is 12.1 Å². The van der Waals surface area contributed by atoms with Gasteiger partial charge >= 0.3 is 0 Å². The molecule has 2 rings (SSSR count). The maximum absolute atomic E-state index is 11.7. The van der Waals surface area contributed by atoms with Crippen LogP contribution in [0, 0.1) is 0 Å². The van der Waals surface area contributed by atoms with Crippen molar-refractivity contribution in [2.75, 3.05) is 19.6 Å². The molecule has 1 aromatic heterocycles. The Hall–Kier alpha value is -1.92. The Balaban J connectivity index is 1.68. The monoisotopic (exact) mass is 350 g/mol. The Morgan fingerprint density at radius 1 is 1.21 bits per heavy atom. The molecule has 2 N–H and O–H groups in total. The van der Waals surface area contributed by atoms with Gasteiger partial charge in [-0.15, -0.1) is 0 Å². The number of hydrogen-bond acceptors (Lipinski definition) is 5. The fraction of sp³-hybridized carbons (Fsp3) is 0.471. The van der Waals surface area contributed by atoms with Crippen LogP contribution >= 0.6 is 11.6 Å². The molecule has 0 aliphatic carbocycles. The largest absolute Gasteiger partial charge is 0.355 e. The van der Waals surface area contributed by atoms with Gasteiger partial charge in [0.25, 0.3) is 0 Å². The van der Waals surface area contributed by atoms with E-state index in [4.69, 9.17) is 16.1 Å². The summed E-state index contributed by atoms with van der Waals surface area (Å²) in [6, 6.07) is 7.26. The van der Waals surface area contributed by atoms with Crippen molar-refractivity contribution in [3.8, 4) is 11.4 Å². The normalized spacial score (nSPS) is 10.8. The van der Waals surface area contributed by atoms with Crippen LogP contribution in [-0.4, -0.2) is 35.7 Å². The van der Waals surface area contributed by atoms with E-state index in [0.29, 0.717) is 42.5 Å². The fourth-order valence-corrected chi connectivity index (χ4v) is 2.28. The van der Waals surface area contributed by atoms with Crippen molar-refractivity contribution in [3.63, 3.8) is 0 Å². The maximum atomic E-state index is 11.7. The number of aryl methyl sites for hydroxylation is 1. The van der Waals surface area contributed by atoms with Gasteiger partial charge < -0.3 is 15.2 Å². The lowest BCUT2D eigenvalue weighted by Crippen LogP contribution is -2.31. The number of carbonyl (C=O) groups is 1. The van der Waals surface area contributed by atoms with Crippen LogP contribution in [0.4, 0.5) is 0 Å². The van der Waals surface area contributed by atoms with Crippen molar-refractivity contribution in [2.24, 2.45) is 0 Å². The average molecular weight is 351 g/mol. The van der Waals surface area contributed by atoms with E-state index in [1.807, 2.05) is 12.1 Å². The minimum absolute atomic E-state index is 0.0470. The van der Waals surface area contributed by atoms with Crippen LogP contribution in [0.2, 0.25) is 5.02 Å². The van der Waals surface area contributed by atoms with Crippen LogP contribution in [0.3, 0.4) is 0 Å². The van der Waals surface area contributed by atoms with Gasteiger partial charge in [0, 0.05) is 36.5 Å². The van der Waals surface area contributed by atoms with E-state index in [0.717, 1.165) is 25.1 Å². The Morgan fingerprint density at radius 3 is 2.75 bits per heavy atom. The van der Waals surface area contributed by atoms with E-state index in [-0.39, 0.29) is 5.91 Å². The lowest BCUT2D eigenvalue weighted by Gasteiger charge is -2.05. The lowest BCUT2D eigenvalue weighted by molar-refractivity contribution is -0.121. The van der Waals surface area contributed by atoms with E-state index >= 15 is 0 Å². The molecular formula is C17H23ClN4O2. The summed E-state index contributed by atoms with van der Waals surface area (Å²) in [6.07, 6.45) is 2.81. The summed E-state index contributed by atoms with van der Waals surface area (Å²) in [4.78, 5) is 16.0. The fourth-order valence-electron chi connectivity index (χ4n) is 2.15. The van der Waals surface area contributed by atoms with Crippen LogP contribution in [0.5, 0.6) is 0 Å². The number of aromatic nitrogens is 2. The van der Waals surface area contributed by atoms with Crippen molar-refractivity contribution in [2.45, 2.75) is 32.6 Å². The van der Waals surface area contributed by atoms with E-state index < -0.39 is 0 Å². The molecule has 0 aliphatic rings. The van der Waals surface area contributed by atoms with Crippen molar-refractivity contribution >= 4 is 17.5 Å². The number of nitrogens with zero attached hydrogens (tertiary/aromatic N) is 2. The molecule has 0 aliphatic heterocycles. The summed E-state index contributed by atoms with van der Waals surface area (Å²) in [5, 5.41) is 10.7. The van der Waals surface area contributed by atoms with Crippen molar-refractivity contribution in [3.05, 3.63) is 35.2 Å². The van der Waals surface area contributed by atoms with E-state index in [9.17, 15) is 4.79 Å². The molecule has 0 atom stereocenters. The van der Waals surface area contributed by atoms with Crippen LogP contribution in [0.15, 0.2) is 28.8 Å². The van der Waals surface area contributed by atoms with Gasteiger partial charge in [0.2, 0.25) is 17.6 Å². The second-order valence-electron chi connectivity index (χ2n) is 5.47. The van der Waals surface area contributed by atoms with Gasteiger partial charge in [-0.2, -0.15) is 4.98 Å². The van der Waals surface area contributed by atoms with Gasteiger partial charge in [0.1, 0.15) is 0 Å². The average Bonchev–Trinajstić information content (AvgIpc) is 3.04. The Labute approximate surface area is 147 Å². The Bertz CT molecular complexity index is 628. The molecule has 0 saturated carbocycles. The topological polar surface area (TPSA) is 80.0 Å². The van der Waals surface area contributed by atoms with Gasteiger partial charge in [0.05, 0.1) is 0 Å². The second kappa shape index (κ2) is 10.1. The maximum Gasteiger partial charge on any atom is 0.226 e. The molecule has 24 heavy (non-hydrogen) atoms. The first-order chi connectivity index (χ1) is 11.7. The van der Waals surface area contributed by atoms with Gasteiger partial charge in [-0.3, -0.25) is 4.79 Å². The lowest BCUT2D eigenvalue weighted by atomic mass is 10.2. The molecule has 130 valence electrons. The SMILES string of the molecule is CCCNCCNC(=O)CCCc1nc(-c2ccc(Cl)cc2)no1. The first kappa shape index (κ1) is 18.4. The molecule has 6 nitrogen and oxygen atoms in total. The summed E-state index contributed by atoms with van der Waals surface area (Å²) < 4.78 is 5.22. The van der Waals surface area contributed by atoms with E-state index in [1.165, 1.54) is 0 Å². The zero-order valence-corrected chi connectivity index (χ0v) is 14.6. The number of carbonyl (C=O) groups excluding carboxylic acids is 1. The molecule has 7 heteroatoms. The molecule has 2 aromatic rings. The molecular weight excluding hydrogens is 328 g/mol. The molecule has 1 amide bonds. The predicted molar refractivity (Wildman–Crippen MR) is 93.9 cm³/mol. The van der Waals surface area contributed by atoms with Crippen LogP contribution in [0.1, 0.15) is 32.1 Å². The summed E-state index contributed by atoms with van der Waals surface area (Å²) in [5.41, 5.74) is 0.853. The summed E-state index contributed by atoms with van der Waals surface area (Å²) in [6.45, 7) is 4.54. The molecule has 0 unspecified atom stereocenters. The number of rotatable bonds is 10. The molecule has 1 heterocycles. The van der Waals surface area contributed by atoms with Crippen molar-refractivity contribution in [1.29, 1.82) is 0 Å². The highest BCUT2D eigenvalue weighted by atomic mass is 35.5. The third-order valence-electron chi connectivity index (χ3n) is 3.42. The number of halogens is 1. The predicted octanol–water partition coefficient (Wildman–Crippen LogP) is 2.83. The van der Waals surface area contributed by atoms with Gasteiger partial charge in [-0.05, 0) is 43.7 Å². The Kier molecular flexibility index (Phi) is 7.71. The molecule has 0 fully saturated rings. The molecule has 0 saturated heterocycles. The van der Waals surface area contributed by atoms with E-state index in [2.05, 4.69) is 27.7 Å². The number of hydrogen-bond donors (Lipinski definition) is 2. The minimum Gasteiger partial charge on any atom is -0.355 e. The summed E-state index contributed by atoms with van der Waals surface area (Å²) in [5.74, 6) is 1.12. The third kappa shape index (κ3) is 6.29. The first-order valence-electron chi connectivity index (χ1n) is 8.25. The van der Waals surface area contributed by atoms with Gasteiger partial charge in [0.15, 0.2) is 0 Å². The molecule has 0 bridgehead atoms. The smallest absolute Gasteiger partial charge is 0.226 e. The summed E-state index contributed by atoms with van der Waals surface area (Å²) >= 11 is 5.86. The van der Waals surface area contributed by atoms with Crippen LogP contribution in [0.25, 0.3) is 11.4 Å². The van der Waals surface area contributed by atoms with Gasteiger partial charge in [-0.1, -0.05) is 23.7 Å². The zero-order chi connectivity index (χ0) is 17.2. The Morgan fingerprint density at radius 2 is 2.00 bits per heavy atom. The molecule has 0 radical (unpaired) electrons. The van der Waals surface area contributed by atoms with Crippen LogP contribution < -0.4 is 10.6 Å². The quantitative estimate of drug-likeness (QED) is 0.644. The van der Waals surface area contributed by atoms with Crippen LogP contribution in [-0.2, 0) is 11.2 Å². The highest BCUT2D eigenvalue weighted by molar-refractivity contribution is 6.30. The molecule has 1 aromatic carbocycles. The highest BCUT2D eigenvalue weighted by Crippen LogP contribution is 2.19. The molecule has 0 spiro atoms. The second-order valence-corrected chi connectivity index (χ2v) is 5.91. The number of amides is 1. The standard InChI is InChI=1S/C17H23ClN4O2/c1-2-10-19-11-12-20-15(23)4-3-5-16-21-17(22-24-16)13-6-8-14(18)9-7-13/h6-9,19H,2-5,10-12H2,1H3,(H,20,23). The van der Waals surface area contributed by atoms with Gasteiger partial charge in [-0.25, -0.2) is 0 Å². The highest BCUT2D eigenvalue weighted by Gasteiger charge is 2.09. The zero-order valence-electron chi connectivity index (χ0n) is 13.8. The number of benzene rings is 1. The van der Waals surface area contributed by atoms with Crippen molar-refractivity contribution < 1.29 is 9.32 Å². The number of nitrogens with one attached hydrogen (secondary N) is 2. The third-order valence-corrected chi connectivity index (χ3v) is 3.67. The minimum atomic E-state index is 0.0470. The van der Waals surface area contributed by atoms with Crippen molar-refractivity contribution in [1.82, 2.24) is 20.8 Å².